The summed E-state index contributed by atoms with van der Waals surface area (Å²) in [5.74, 6) is -3.14. The Balaban J connectivity index is 2.16. The van der Waals surface area contributed by atoms with Crippen molar-refractivity contribution in [2.24, 2.45) is 0 Å². The van der Waals surface area contributed by atoms with Gasteiger partial charge in [-0.3, -0.25) is 0 Å². The summed E-state index contributed by atoms with van der Waals surface area (Å²) in [6, 6.07) is 1.65. The van der Waals surface area contributed by atoms with Crippen LogP contribution in [0, 0.1) is 11.6 Å². The quantitative estimate of drug-likeness (QED) is 0.807. The van der Waals surface area contributed by atoms with E-state index in [0.717, 1.165) is 37.8 Å². The Hall–Kier alpha value is -1.90. The summed E-state index contributed by atoms with van der Waals surface area (Å²) in [7, 11) is -4.10. The van der Waals surface area contributed by atoms with Crippen molar-refractivity contribution in [2.45, 2.75) is 42.9 Å². The topological polar surface area (TPSA) is 62.8 Å². The average Bonchev–Trinajstić information content (AvgIpc) is 3.14. The number of aromatic amines is 1. The molecule has 1 aliphatic rings. The fourth-order valence-electron chi connectivity index (χ4n) is 3.29. The second-order valence-electron chi connectivity index (χ2n) is 6.21. The zero-order valence-corrected chi connectivity index (χ0v) is 14.1. The highest BCUT2D eigenvalue weighted by Crippen LogP contribution is 2.39. The molecule has 25 heavy (non-hydrogen) atoms. The normalized spacial score (nSPS) is 16.1. The van der Waals surface area contributed by atoms with E-state index in [9.17, 15) is 26.0 Å². The molecule has 1 aromatic heterocycles. The Morgan fingerprint density at radius 2 is 1.72 bits per heavy atom. The first-order chi connectivity index (χ1) is 11.7. The number of benzene rings is 1. The molecule has 3 rings (SSSR count). The van der Waals surface area contributed by atoms with E-state index in [1.54, 1.807) is 0 Å². The largest absolute Gasteiger partial charge is 0.340 e. The summed E-state index contributed by atoms with van der Waals surface area (Å²) < 4.78 is 77.3. The fourth-order valence-corrected chi connectivity index (χ4v) is 4.12. The number of hydrogen-bond donors (Lipinski definition) is 1. The van der Waals surface area contributed by atoms with Gasteiger partial charge in [0, 0.05) is 23.4 Å². The van der Waals surface area contributed by atoms with Crippen molar-refractivity contribution in [2.75, 3.05) is 6.26 Å². The molecule has 1 fully saturated rings. The van der Waals surface area contributed by atoms with Crippen LogP contribution in [0.3, 0.4) is 0 Å². The van der Waals surface area contributed by atoms with Crippen LogP contribution >= 0.6 is 0 Å². The molecule has 9 heteroatoms. The Bertz CT molecular complexity index is 880. The molecule has 0 unspecified atom stereocenters. The van der Waals surface area contributed by atoms with E-state index in [0.29, 0.717) is 11.9 Å². The van der Waals surface area contributed by atoms with E-state index in [1.165, 1.54) is 0 Å². The number of alkyl halides is 2. The third kappa shape index (κ3) is 3.42. The maximum Gasteiger partial charge on any atom is 0.295 e. The van der Waals surface area contributed by atoms with Gasteiger partial charge in [0.1, 0.15) is 16.5 Å². The molecular formula is C16H16F4N2O2S. The minimum absolute atomic E-state index is 0.0417. The van der Waals surface area contributed by atoms with Gasteiger partial charge in [0.15, 0.2) is 15.7 Å². The maximum atomic E-state index is 14.2. The van der Waals surface area contributed by atoms with Crippen molar-refractivity contribution in [3.63, 3.8) is 0 Å². The van der Waals surface area contributed by atoms with Crippen molar-refractivity contribution < 1.29 is 26.0 Å². The van der Waals surface area contributed by atoms with Crippen LogP contribution in [0.5, 0.6) is 0 Å². The number of sulfone groups is 1. The third-order valence-corrected chi connectivity index (χ3v) is 5.49. The number of rotatable bonds is 4. The molecule has 1 heterocycles. The monoisotopic (exact) mass is 376 g/mol. The second kappa shape index (κ2) is 6.44. The lowest BCUT2D eigenvalue weighted by Crippen LogP contribution is -2.05. The Morgan fingerprint density at radius 1 is 1.16 bits per heavy atom. The van der Waals surface area contributed by atoms with Gasteiger partial charge >= 0.3 is 0 Å². The summed E-state index contributed by atoms with van der Waals surface area (Å²) in [6.45, 7) is 0. The Labute approximate surface area is 142 Å². The fraction of sp³-hybridized carbons (Fsp3) is 0.438. The lowest BCUT2D eigenvalue weighted by molar-refractivity contribution is 0.141. The van der Waals surface area contributed by atoms with Gasteiger partial charge < -0.3 is 4.98 Å². The van der Waals surface area contributed by atoms with Crippen LogP contribution in [0.15, 0.2) is 17.0 Å². The first-order valence-corrected chi connectivity index (χ1v) is 9.65. The Morgan fingerprint density at radius 3 is 2.20 bits per heavy atom. The molecule has 0 saturated heterocycles. The predicted molar refractivity (Wildman–Crippen MR) is 83.2 cm³/mol. The zero-order chi connectivity index (χ0) is 18.4. The number of nitrogens with zero attached hydrogens (tertiary/aromatic N) is 1. The molecule has 0 atom stereocenters. The molecule has 0 radical (unpaired) electrons. The summed E-state index contributed by atoms with van der Waals surface area (Å²) in [6.07, 6.45) is 1.25. The number of H-pyrrole nitrogens is 1. The number of nitrogens with one attached hydrogen (secondary N) is 1. The number of halogens is 4. The Kier molecular flexibility index (Phi) is 4.61. The van der Waals surface area contributed by atoms with E-state index in [1.807, 2.05) is 0 Å². The van der Waals surface area contributed by atoms with Gasteiger partial charge in [-0.1, -0.05) is 12.8 Å². The van der Waals surface area contributed by atoms with E-state index in [2.05, 4.69) is 9.97 Å². The summed E-state index contributed by atoms with van der Waals surface area (Å²) in [5.41, 5.74) is 0.395. The van der Waals surface area contributed by atoms with Crippen LogP contribution in [0.2, 0.25) is 0 Å². The molecule has 0 spiro atoms. The highest BCUT2D eigenvalue weighted by atomic mass is 32.2. The van der Waals surface area contributed by atoms with E-state index in [-0.39, 0.29) is 17.2 Å². The summed E-state index contributed by atoms with van der Waals surface area (Å²) >= 11 is 0. The zero-order valence-electron chi connectivity index (χ0n) is 13.3. The van der Waals surface area contributed by atoms with Crippen LogP contribution in [-0.2, 0) is 9.84 Å². The second-order valence-corrected chi connectivity index (χ2v) is 8.16. The van der Waals surface area contributed by atoms with Gasteiger partial charge in [-0.05, 0) is 25.0 Å². The SMILES string of the molecule is CS(=O)(=O)c1c(F)cc(-c2nc(C(F)F)[nH]c2C2CCCC2)cc1F. The highest BCUT2D eigenvalue weighted by molar-refractivity contribution is 7.90. The van der Waals surface area contributed by atoms with Gasteiger partial charge in [-0.15, -0.1) is 0 Å². The standard InChI is InChI=1S/C16H16F4N2O2S/c1-25(23,24)14-10(17)6-9(7-11(14)18)13-12(8-4-2-3-5-8)21-16(22-13)15(19)20/h6-8,15H,2-5H2,1H3,(H,21,22). The molecule has 0 amide bonds. The number of hydrogen-bond acceptors (Lipinski definition) is 3. The van der Waals surface area contributed by atoms with E-state index < -0.39 is 38.6 Å². The van der Waals surface area contributed by atoms with Gasteiger partial charge in [0.25, 0.3) is 6.43 Å². The molecule has 1 N–H and O–H groups in total. The average molecular weight is 376 g/mol. The van der Waals surface area contributed by atoms with Gasteiger partial charge in [0.05, 0.1) is 5.69 Å². The minimum atomic E-state index is -4.10. The van der Waals surface area contributed by atoms with Crippen LogP contribution < -0.4 is 0 Å². The molecular weight excluding hydrogens is 360 g/mol. The predicted octanol–water partition coefficient (Wildman–Crippen LogP) is 4.35. The lowest BCUT2D eigenvalue weighted by atomic mass is 9.99. The maximum absolute atomic E-state index is 14.2. The first-order valence-electron chi connectivity index (χ1n) is 7.76. The molecule has 1 aromatic carbocycles. The van der Waals surface area contributed by atoms with Crippen LogP contribution in [0.1, 0.15) is 49.5 Å². The van der Waals surface area contributed by atoms with Crippen LogP contribution in [0.25, 0.3) is 11.3 Å². The van der Waals surface area contributed by atoms with Crippen LogP contribution in [0.4, 0.5) is 17.6 Å². The minimum Gasteiger partial charge on any atom is -0.340 e. The molecule has 2 aromatic rings. The summed E-state index contributed by atoms with van der Waals surface area (Å²) in [5, 5.41) is 0. The molecule has 1 aliphatic carbocycles. The van der Waals surface area contributed by atoms with Crippen molar-refractivity contribution in [1.29, 1.82) is 0 Å². The van der Waals surface area contributed by atoms with E-state index >= 15 is 0 Å². The van der Waals surface area contributed by atoms with Gasteiger partial charge in [0.2, 0.25) is 0 Å². The van der Waals surface area contributed by atoms with Crippen molar-refractivity contribution in [3.05, 3.63) is 35.3 Å². The highest BCUT2D eigenvalue weighted by Gasteiger charge is 2.28. The van der Waals surface area contributed by atoms with Crippen molar-refractivity contribution >= 4 is 9.84 Å². The lowest BCUT2D eigenvalue weighted by Gasteiger charge is -2.11. The molecule has 1 saturated carbocycles. The molecule has 136 valence electrons. The van der Waals surface area contributed by atoms with Gasteiger partial charge in [-0.25, -0.2) is 31.0 Å². The van der Waals surface area contributed by atoms with Crippen molar-refractivity contribution in [1.82, 2.24) is 9.97 Å². The van der Waals surface area contributed by atoms with Crippen LogP contribution in [-0.4, -0.2) is 24.6 Å². The van der Waals surface area contributed by atoms with E-state index in [4.69, 9.17) is 0 Å². The number of imidazole rings is 1. The first kappa shape index (κ1) is 17.9. The summed E-state index contributed by atoms with van der Waals surface area (Å²) in [4.78, 5) is 5.35. The molecule has 0 bridgehead atoms. The third-order valence-electron chi connectivity index (χ3n) is 4.36. The number of aromatic nitrogens is 2. The van der Waals surface area contributed by atoms with Gasteiger partial charge in [-0.2, -0.15) is 0 Å². The van der Waals surface area contributed by atoms with Crippen molar-refractivity contribution in [3.8, 4) is 11.3 Å². The molecule has 0 aliphatic heterocycles. The molecule has 4 nitrogen and oxygen atoms in total. The smallest absolute Gasteiger partial charge is 0.295 e.